The van der Waals surface area contributed by atoms with Gasteiger partial charge in [-0.05, 0) is 48.4 Å². The first-order valence-electron chi connectivity index (χ1n) is 7.85. The van der Waals surface area contributed by atoms with Crippen molar-refractivity contribution >= 4 is 21.6 Å². The molecule has 0 unspecified atom stereocenters. The fourth-order valence-electron chi connectivity index (χ4n) is 4.09. The zero-order chi connectivity index (χ0) is 17.3. The van der Waals surface area contributed by atoms with Gasteiger partial charge in [0.1, 0.15) is 5.92 Å². The maximum Gasteiger partial charge on any atom is 0.189 e. The number of rotatable bonds is 1. The largest absolute Gasteiger partial charge is 0.305 e. The van der Waals surface area contributed by atoms with Crippen molar-refractivity contribution in [1.82, 2.24) is 0 Å². The molecule has 0 amide bonds. The monoisotopic (exact) mass is 378 g/mol. The predicted octanol–water partition coefficient (Wildman–Crippen LogP) is 4.47. The zero-order valence-corrected chi connectivity index (χ0v) is 14.5. The van der Waals surface area contributed by atoms with Crippen molar-refractivity contribution in [2.75, 3.05) is 0 Å². The van der Waals surface area contributed by atoms with Crippen molar-refractivity contribution in [2.45, 2.75) is 25.2 Å². The molecule has 4 nitrogen and oxygen atoms in total. The Morgan fingerprint density at radius 3 is 2.58 bits per heavy atom. The van der Waals surface area contributed by atoms with E-state index < -0.39 is 17.3 Å². The zero-order valence-electron chi connectivity index (χ0n) is 13.0. The van der Waals surface area contributed by atoms with Crippen LogP contribution in [0.2, 0.25) is 0 Å². The summed E-state index contributed by atoms with van der Waals surface area (Å²) < 4.78 is 0.875. The smallest absolute Gasteiger partial charge is 0.189 e. The lowest BCUT2D eigenvalue weighted by Gasteiger charge is -2.45. The molecule has 1 saturated carbocycles. The molecule has 0 saturated heterocycles. The minimum atomic E-state index is -1.60. The van der Waals surface area contributed by atoms with E-state index in [2.05, 4.69) is 34.1 Å². The summed E-state index contributed by atoms with van der Waals surface area (Å²) in [4.78, 5) is 0. The summed E-state index contributed by atoms with van der Waals surface area (Å²) in [6.07, 6.45) is 4.73. The number of fused-ring (bicyclic) bond motifs is 1. The number of nitriles is 3. The van der Waals surface area contributed by atoms with Crippen LogP contribution in [0, 0.1) is 56.7 Å². The summed E-state index contributed by atoms with van der Waals surface area (Å²) in [5.41, 5.74) is 0.108. The Morgan fingerprint density at radius 2 is 1.96 bits per heavy atom. The van der Waals surface area contributed by atoms with Crippen LogP contribution in [0.3, 0.4) is 0 Å². The quantitative estimate of drug-likeness (QED) is 0.730. The first-order valence-corrected chi connectivity index (χ1v) is 8.64. The van der Waals surface area contributed by atoms with Crippen molar-refractivity contribution in [1.29, 1.82) is 21.2 Å². The van der Waals surface area contributed by atoms with Crippen LogP contribution in [0.15, 0.2) is 40.4 Å². The molecule has 118 valence electrons. The van der Waals surface area contributed by atoms with Crippen molar-refractivity contribution in [3.8, 4) is 18.2 Å². The van der Waals surface area contributed by atoms with E-state index in [4.69, 9.17) is 5.41 Å². The van der Waals surface area contributed by atoms with Crippen LogP contribution in [0.5, 0.6) is 0 Å². The molecule has 1 N–H and O–H groups in total. The van der Waals surface area contributed by atoms with E-state index in [0.29, 0.717) is 0 Å². The lowest BCUT2D eigenvalue weighted by atomic mass is 9.53. The van der Waals surface area contributed by atoms with Crippen LogP contribution >= 0.6 is 15.9 Å². The Hall–Kier alpha value is -2.42. The molecule has 5 heteroatoms. The van der Waals surface area contributed by atoms with Gasteiger partial charge in [-0.2, -0.15) is 15.8 Å². The summed E-state index contributed by atoms with van der Waals surface area (Å²) in [5, 5.41) is 37.8. The standard InChI is InChI=1S/C19H15BrN4/c20-13-5-3-4-12(8-13)17-15-7-2-1-6-14(15)16(9-21)18(24)19(17,10-22)11-23/h3-6,8,15-17,24H,1-2,7H2/t15-,16-,17-/m0/s1. The summed E-state index contributed by atoms with van der Waals surface area (Å²) in [5.74, 6) is -1.24. The predicted molar refractivity (Wildman–Crippen MR) is 92.8 cm³/mol. The molecule has 3 atom stereocenters. The molecular formula is C19H15BrN4. The van der Waals surface area contributed by atoms with Crippen molar-refractivity contribution in [2.24, 2.45) is 17.3 Å². The third-order valence-electron chi connectivity index (χ3n) is 5.13. The fraction of sp³-hybridized carbons (Fsp3) is 0.368. The van der Waals surface area contributed by atoms with Crippen molar-refractivity contribution in [3.05, 3.63) is 46.0 Å². The number of nitrogens with zero attached hydrogens (tertiary/aromatic N) is 3. The molecule has 0 radical (unpaired) electrons. The van der Waals surface area contributed by atoms with Gasteiger partial charge in [0.05, 0.1) is 23.9 Å². The fourth-order valence-corrected chi connectivity index (χ4v) is 4.50. The summed E-state index contributed by atoms with van der Waals surface area (Å²) in [7, 11) is 0. The Balaban J connectivity index is 2.27. The molecule has 0 spiro atoms. The van der Waals surface area contributed by atoms with Crippen LogP contribution in [-0.4, -0.2) is 5.71 Å². The third kappa shape index (κ3) is 2.27. The minimum absolute atomic E-state index is 0.0499. The molecular weight excluding hydrogens is 364 g/mol. The highest BCUT2D eigenvalue weighted by Crippen LogP contribution is 2.55. The molecule has 3 rings (SSSR count). The molecule has 2 aliphatic rings. The Bertz CT molecular complexity index is 835. The number of hydrogen-bond donors (Lipinski definition) is 1. The molecule has 0 aliphatic heterocycles. The molecule has 1 aromatic carbocycles. The third-order valence-corrected chi connectivity index (χ3v) is 5.63. The number of allylic oxidation sites excluding steroid dienone is 2. The van der Waals surface area contributed by atoms with Crippen molar-refractivity contribution < 1.29 is 0 Å². The lowest BCUT2D eigenvalue weighted by molar-refractivity contribution is 0.320. The van der Waals surface area contributed by atoms with Crippen LogP contribution in [0.25, 0.3) is 0 Å². The second kappa shape index (κ2) is 6.23. The summed E-state index contributed by atoms with van der Waals surface area (Å²) in [6.45, 7) is 0. The summed E-state index contributed by atoms with van der Waals surface area (Å²) >= 11 is 3.45. The van der Waals surface area contributed by atoms with E-state index in [1.165, 1.54) is 0 Å². The maximum atomic E-state index is 9.86. The second-order valence-electron chi connectivity index (χ2n) is 6.28. The number of benzene rings is 1. The van der Waals surface area contributed by atoms with Gasteiger partial charge in [0.2, 0.25) is 0 Å². The first kappa shape index (κ1) is 16.4. The van der Waals surface area contributed by atoms with E-state index in [9.17, 15) is 15.8 Å². The van der Waals surface area contributed by atoms with Crippen LogP contribution < -0.4 is 0 Å². The highest BCUT2D eigenvalue weighted by Gasteiger charge is 2.57. The van der Waals surface area contributed by atoms with Gasteiger partial charge < -0.3 is 5.41 Å². The lowest BCUT2D eigenvalue weighted by Crippen LogP contribution is -2.48. The maximum absolute atomic E-state index is 9.86. The first-order chi connectivity index (χ1) is 11.6. The summed E-state index contributed by atoms with van der Waals surface area (Å²) in [6, 6.07) is 14.0. The van der Waals surface area contributed by atoms with Gasteiger partial charge >= 0.3 is 0 Å². The Kier molecular flexibility index (Phi) is 4.27. The average molecular weight is 379 g/mol. The number of halogens is 1. The normalized spacial score (nSPS) is 27.8. The molecule has 1 aromatic rings. The molecule has 2 aliphatic carbocycles. The minimum Gasteiger partial charge on any atom is -0.305 e. The van der Waals surface area contributed by atoms with E-state index in [1.807, 2.05) is 30.3 Å². The van der Waals surface area contributed by atoms with Gasteiger partial charge in [-0.1, -0.05) is 34.1 Å². The molecule has 0 heterocycles. The van der Waals surface area contributed by atoms with Crippen molar-refractivity contribution in [3.63, 3.8) is 0 Å². The van der Waals surface area contributed by atoms with Gasteiger partial charge in [0, 0.05) is 10.4 Å². The van der Waals surface area contributed by atoms with E-state index in [-0.39, 0.29) is 11.6 Å². The molecule has 0 aromatic heterocycles. The Labute approximate surface area is 149 Å². The molecule has 24 heavy (non-hydrogen) atoms. The number of hydrogen-bond acceptors (Lipinski definition) is 4. The number of nitrogens with one attached hydrogen (secondary N) is 1. The van der Waals surface area contributed by atoms with Gasteiger partial charge in [0.15, 0.2) is 5.41 Å². The average Bonchev–Trinajstić information content (AvgIpc) is 2.61. The van der Waals surface area contributed by atoms with E-state index in [1.54, 1.807) is 0 Å². The van der Waals surface area contributed by atoms with Gasteiger partial charge in [-0.25, -0.2) is 0 Å². The highest BCUT2D eigenvalue weighted by atomic mass is 79.9. The van der Waals surface area contributed by atoms with Gasteiger partial charge in [-0.15, -0.1) is 0 Å². The second-order valence-corrected chi connectivity index (χ2v) is 7.20. The topological polar surface area (TPSA) is 95.2 Å². The van der Waals surface area contributed by atoms with E-state index >= 15 is 0 Å². The SMILES string of the molecule is N#C[C@@H]1C(=N)C(C#N)(C#N)[C@@H](c2cccc(Br)c2)[C@H]2CCCC=C12. The van der Waals surface area contributed by atoms with Gasteiger partial charge in [0.25, 0.3) is 0 Å². The molecule has 1 fully saturated rings. The van der Waals surface area contributed by atoms with Crippen LogP contribution in [0.4, 0.5) is 0 Å². The van der Waals surface area contributed by atoms with E-state index in [0.717, 1.165) is 34.9 Å². The van der Waals surface area contributed by atoms with Crippen LogP contribution in [0.1, 0.15) is 30.7 Å². The van der Waals surface area contributed by atoms with Gasteiger partial charge in [-0.3, -0.25) is 0 Å². The Morgan fingerprint density at radius 1 is 1.21 bits per heavy atom. The molecule has 0 bridgehead atoms. The van der Waals surface area contributed by atoms with Crippen LogP contribution in [-0.2, 0) is 0 Å². The highest BCUT2D eigenvalue weighted by molar-refractivity contribution is 9.10.